The fraction of sp³-hybridized carbons (Fsp3) is 0. The molecule has 0 spiro atoms. The van der Waals surface area contributed by atoms with Crippen LogP contribution in [0.25, 0.3) is 0 Å². The minimum absolute atomic E-state index is 0. The van der Waals surface area contributed by atoms with Gasteiger partial charge in [-0.1, -0.05) is 0 Å². The molecule has 0 aliphatic heterocycles. The Balaban J connectivity index is -0.000000107. The largest absolute Gasteiger partial charge is 4.00 e. The summed E-state index contributed by atoms with van der Waals surface area (Å²) in [7, 11) is -8.67. The number of rotatable bonds is 0. The van der Waals surface area contributed by atoms with Gasteiger partial charge < -0.3 is 18.2 Å². The Morgan fingerprint density at radius 1 is 0.818 bits per heavy atom. The molecule has 0 N–H and O–H groups in total. The molecule has 0 aliphatic carbocycles. The van der Waals surface area contributed by atoms with Gasteiger partial charge in [-0.15, -0.1) is 18.1 Å². The molecule has 0 amide bonds. The molecular formula is O6PtS4. The summed E-state index contributed by atoms with van der Waals surface area (Å²) in [5.74, 6) is 0. The predicted octanol–water partition coefficient (Wildman–Crippen LogP) is -2.02. The summed E-state index contributed by atoms with van der Waals surface area (Å²) in [5.41, 5.74) is 0. The summed E-state index contributed by atoms with van der Waals surface area (Å²) in [5, 5.41) is 0. The molecule has 0 aromatic carbocycles. The van der Waals surface area contributed by atoms with Crippen LogP contribution in [-0.2, 0) is 61.5 Å². The summed E-state index contributed by atoms with van der Waals surface area (Å²) in [6.07, 6.45) is 0. The van der Waals surface area contributed by atoms with Gasteiger partial charge in [0, 0.05) is 0 Å². The van der Waals surface area contributed by atoms with Crippen molar-refractivity contribution in [2.24, 2.45) is 0 Å². The van der Waals surface area contributed by atoms with Gasteiger partial charge in [-0.05, 0) is 22.4 Å². The monoisotopic (exact) mass is 419 g/mol. The van der Waals surface area contributed by atoms with Crippen molar-refractivity contribution in [1.82, 2.24) is 0 Å². The average Bonchev–Trinajstić information content (AvgIpc) is 1.12. The molecule has 0 atom stereocenters. The molecule has 0 rings (SSSR count). The van der Waals surface area contributed by atoms with Crippen molar-refractivity contribution in [2.45, 2.75) is 0 Å². The summed E-state index contributed by atoms with van der Waals surface area (Å²) in [6.45, 7) is 0. The maximum atomic E-state index is 8.89. The molecule has 11 heteroatoms. The number of hydrogen-bond acceptors (Lipinski definition) is 8. The molecule has 0 aromatic heterocycles. The van der Waals surface area contributed by atoms with Gasteiger partial charge in [0.05, 0.1) is 0 Å². The summed E-state index contributed by atoms with van der Waals surface area (Å²) < 4.78 is 53.3. The van der Waals surface area contributed by atoms with Crippen LogP contribution in [0.3, 0.4) is 0 Å². The zero-order valence-electron chi connectivity index (χ0n) is 4.40. The standard InChI is InChI=1S/2H2O3S2.Pt/c2*1-5(2,3)4;/h2*(H2,1,2,3,4);/q;;+4/p-4. The predicted molar refractivity (Wildman–Crippen MR) is 34.1 cm³/mol. The fourth-order valence-corrected chi connectivity index (χ4v) is 0. The minimum atomic E-state index is -4.33. The van der Waals surface area contributed by atoms with Crippen molar-refractivity contribution >= 4 is 40.5 Å². The van der Waals surface area contributed by atoms with Gasteiger partial charge in [0.15, 0.2) is 0 Å². The van der Waals surface area contributed by atoms with Crippen LogP contribution in [0.4, 0.5) is 0 Å². The van der Waals surface area contributed by atoms with Crippen LogP contribution < -0.4 is 0 Å². The van der Waals surface area contributed by atoms with Gasteiger partial charge >= 0.3 is 21.1 Å². The van der Waals surface area contributed by atoms with Crippen LogP contribution in [0.5, 0.6) is 0 Å². The first-order valence-electron chi connectivity index (χ1n) is 1.33. The third-order valence-electron chi connectivity index (χ3n) is 0. The SMILES string of the molecule is O=S([O-])([O-])=S.O=S([O-])([O-])=S.[Pt+4]. The quantitative estimate of drug-likeness (QED) is 0.441. The van der Waals surface area contributed by atoms with E-state index in [-0.39, 0.29) is 21.1 Å². The van der Waals surface area contributed by atoms with E-state index in [1.807, 2.05) is 0 Å². The van der Waals surface area contributed by atoms with Crippen LogP contribution in [0.15, 0.2) is 0 Å². The van der Waals surface area contributed by atoms with E-state index in [4.69, 9.17) is 26.6 Å². The zero-order valence-corrected chi connectivity index (χ0v) is 9.94. The Morgan fingerprint density at radius 2 is 0.818 bits per heavy atom. The van der Waals surface area contributed by atoms with Gasteiger partial charge in [-0.3, -0.25) is 8.42 Å². The maximum Gasteiger partial charge on any atom is 4.00 e. The van der Waals surface area contributed by atoms with Gasteiger partial charge in [-0.2, -0.15) is 0 Å². The van der Waals surface area contributed by atoms with E-state index in [2.05, 4.69) is 22.4 Å². The summed E-state index contributed by atoms with van der Waals surface area (Å²) in [6, 6.07) is 0. The van der Waals surface area contributed by atoms with Gasteiger partial charge in [0.25, 0.3) is 0 Å². The first-order valence-corrected chi connectivity index (χ1v) is 6.00. The van der Waals surface area contributed by atoms with E-state index < -0.39 is 18.1 Å². The molecule has 70 valence electrons. The molecule has 0 fully saturated rings. The minimum Gasteiger partial charge on any atom is -0.780 e. The van der Waals surface area contributed by atoms with Crippen molar-refractivity contribution in [1.29, 1.82) is 0 Å². The van der Waals surface area contributed by atoms with Crippen LogP contribution in [0.2, 0.25) is 0 Å². The first kappa shape index (κ1) is 18.1. The summed E-state index contributed by atoms with van der Waals surface area (Å²) in [4.78, 5) is 0. The first-order chi connectivity index (χ1) is 4.00. The van der Waals surface area contributed by atoms with Crippen LogP contribution >= 0.6 is 0 Å². The molecule has 0 saturated heterocycles. The molecule has 0 heterocycles. The van der Waals surface area contributed by atoms with Crippen LogP contribution in [-0.4, -0.2) is 26.6 Å². The van der Waals surface area contributed by atoms with Crippen molar-refractivity contribution in [2.75, 3.05) is 0 Å². The Hall–Kier alpha value is 1.27. The smallest absolute Gasteiger partial charge is 0.780 e. The zero-order chi connectivity index (χ0) is 9.00. The van der Waals surface area contributed by atoms with Gasteiger partial charge in [0.1, 0.15) is 0 Å². The second-order valence-electron chi connectivity index (χ2n) is 0.816. The average molecular weight is 419 g/mol. The van der Waals surface area contributed by atoms with Crippen LogP contribution in [0, 0.1) is 0 Å². The molecular weight excluding hydrogens is 419 g/mol. The van der Waals surface area contributed by atoms with E-state index >= 15 is 0 Å². The molecule has 0 saturated carbocycles. The third-order valence-corrected chi connectivity index (χ3v) is 0. The molecule has 0 bridgehead atoms. The Morgan fingerprint density at radius 3 is 0.818 bits per heavy atom. The number of hydrogen-bond donors (Lipinski definition) is 0. The molecule has 11 heavy (non-hydrogen) atoms. The fourth-order valence-electron chi connectivity index (χ4n) is 0. The van der Waals surface area contributed by atoms with Crippen molar-refractivity contribution < 1.29 is 47.7 Å². The Kier molecular flexibility index (Phi) is 11.1. The van der Waals surface area contributed by atoms with E-state index in [1.165, 1.54) is 0 Å². The van der Waals surface area contributed by atoms with Crippen molar-refractivity contribution in [3.05, 3.63) is 0 Å². The van der Waals surface area contributed by atoms with E-state index in [0.29, 0.717) is 0 Å². The maximum absolute atomic E-state index is 8.89. The van der Waals surface area contributed by atoms with Gasteiger partial charge in [0.2, 0.25) is 0 Å². The third kappa shape index (κ3) is 602. The second-order valence-corrected chi connectivity index (χ2v) is 4.90. The Bertz CT molecular complexity index is 211. The molecule has 0 unspecified atom stereocenters. The molecule has 0 aliphatic rings. The molecule has 0 aromatic rings. The van der Waals surface area contributed by atoms with E-state index in [0.717, 1.165) is 0 Å². The topological polar surface area (TPSA) is 126 Å². The second kappa shape index (κ2) is 6.75. The van der Waals surface area contributed by atoms with Gasteiger partial charge in [-0.25, -0.2) is 0 Å². The Labute approximate surface area is 87.7 Å². The van der Waals surface area contributed by atoms with Crippen LogP contribution in [0.1, 0.15) is 0 Å². The van der Waals surface area contributed by atoms with Crippen molar-refractivity contribution in [3.63, 3.8) is 0 Å². The molecule has 0 radical (unpaired) electrons. The van der Waals surface area contributed by atoms with E-state index in [1.54, 1.807) is 0 Å². The summed E-state index contributed by atoms with van der Waals surface area (Å²) >= 11 is 6.49. The molecule has 6 nitrogen and oxygen atoms in total. The van der Waals surface area contributed by atoms with E-state index in [9.17, 15) is 0 Å². The normalized spacial score (nSPS) is 10.5. The van der Waals surface area contributed by atoms with Crippen molar-refractivity contribution in [3.8, 4) is 0 Å².